The van der Waals surface area contributed by atoms with Gasteiger partial charge < -0.3 is 34.8 Å². The van der Waals surface area contributed by atoms with Gasteiger partial charge in [-0.05, 0) is 73.4 Å². The number of aryl methyl sites for hydroxylation is 1. The second kappa shape index (κ2) is 22.7. The molecule has 0 spiro atoms. The topological polar surface area (TPSA) is 162 Å². The van der Waals surface area contributed by atoms with Gasteiger partial charge in [-0.15, -0.1) is 0 Å². The minimum absolute atomic E-state index is 0.0222. The molecule has 0 fully saturated rings. The first-order valence-electron chi connectivity index (χ1n) is 19.1. The van der Waals surface area contributed by atoms with E-state index in [0.29, 0.717) is 29.6 Å². The van der Waals surface area contributed by atoms with Gasteiger partial charge in [-0.25, -0.2) is 4.79 Å². The van der Waals surface area contributed by atoms with Crippen LogP contribution in [0.15, 0.2) is 72.8 Å². The van der Waals surface area contributed by atoms with E-state index < -0.39 is 38.3 Å². The first-order chi connectivity index (χ1) is 26.5. The Kier molecular flexibility index (Phi) is 18.6. The lowest BCUT2D eigenvalue weighted by Crippen LogP contribution is -2.35. The second-order valence-corrected chi connectivity index (χ2v) is 16.7. The number of rotatable bonds is 22. The van der Waals surface area contributed by atoms with Crippen molar-refractivity contribution in [1.82, 2.24) is 5.32 Å². The average molecular weight is 795 g/mol. The van der Waals surface area contributed by atoms with Crippen LogP contribution >= 0.6 is 7.60 Å². The Morgan fingerprint density at radius 2 is 1.46 bits per heavy atom. The molecule has 3 atom stereocenters. The van der Waals surface area contributed by atoms with Crippen LogP contribution in [0.3, 0.4) is 0 Å². The highest BCUT2D eigenvalue weighted by atomic mass is 31.2. The number of nitrogens with one attached hydrogen (secondary N) is 3. The third-order valence-electron chi connectivity index (χ3n) is 8.56. The quantitative estimate of drug-likeness (QED) is 0.0510. The highest BCUT2D eigenvalue weighted by Crippen LogP contribution is 2.46. The number of carbonyl (C=O) groups excluding carboxylic acids is 4. The van der Waals surface area contributed by atoms with E-state index in [1.54, 1.807) is 0 Å². The van der Waals surface area contributed by atoms with Gasteiger partial charge in [-0.3, -0.25) is 23.5 Å². The molecule has 3 amide bonds. The molecule has 306 valence electrons. The number of esters is 2. The molecular weight excluding hydrogens is 735 g/mol. The lowest BCUT2D eigenvalue weighted by Gasteiger charge is -2.31. The molecule has 0 saturated heterocycles. The molecule has 3 aromatic carbocycles. The minimum Gasteiger partial charge on any atom is -0.428 e. The maximum atomic E-state index is 13.2. The third-order valence-corrected chi connectivity index (χ3v) is 9.86. The second-order valence-electron chi connectivity index (χ2n) is 14.7. The largest absolute Gasteiger partial charge is 0.428 e. The first-order valence-corrected chi connectivity index (χ1v) is 21.1. The maximum Gasteiger partial charge on any atom is 0.328 e. The summed E-state index contributed by atoms with van der Waals surface area (Å²) in [5, 5.41) is 8.50. The highest BCUT2D eigenvalue weighted by molar-refractivity contribution is 7.53. The van der Waals surface area contributed by atoms with Crippen molar-refractivity contribution in [2.75, 3.05) is 48.6 Å². The summed E-state index contributed by atoms with van der Waals surface area (Å²) in [7, 11) is -3.54. The fraction of sp³-hybridized carbons (Fsp3) is 0.476. The van der Waals surface area contributed by atoms with Crippen LogP contribution in [0, 0.1) is 18.8 Å². The highest BCUT2D eigenvalue weighted by Gasteiger charge is 2.26. The van der Waals surface area contributed by atoms with Gasteiger partial charge in [0.05, 0.1) is 30.8 Å². The van der Waals surface area contributed by atoms with Gasteiger partial charge >= 0.3 is 25.6 Å². The molecule has 3 rings (SSSR count). The molecule has 0 aromatic heterocycles. The summed E-state index contributed by atoms with van der Waals surface area (Å²) in [4.78, 5) is 53.2. The van der Waals surface area contributed by atoms with E-state index in [4.69, 9.17) is 18.5 Å². The van der Waals surface area contributed by atoms with Gasteiger partial charge in [0.1, 0.15) is 6.10 Å². The predicted molar refractivity (Wildman–Crippen MR) is 220 cm³/mol. The number of ether oxygens (including phenoxy) is 2. The van der Waals surface area contributed by atoms with Gasteiger partial charge in [0.25, 0.3) is 0 Å². The normalized spacial score (nSPS) is 13.3. The number of urea groups is 1. The zero-order chi connectivity index (χ0) is 41.3. The van der Waals surface area contributed by atoms with Crippen LogP contribution in [0.1, 0.15) is 83.4 Å². The summed E-state index contributed by atoms with van der Waals surface area (Å²) in [5.41, 5.74) is 4.92. The standard InChI is InChI=1S/C42H59N4O9P/c1-9-34(24-40(48)53-28-52-39(47)21-22-43-41(49)32(7)55-56(8,51)54-27-33-13-11-10-12-14-33)35-17-20-38(46(25-29(2)3)26-30(4)5)37(23-35)45-42(50)44-36-18-15-31(6)16-19-36/h10-20,23,29-30,32,34H,9,21-22,24-28H2,1-8H3,(H,43,49)(H2,44,45,50)/t32-,34-,56?/m0/s1. The molecule has 3 aromatic rings. The van der Waals surface area contributed by atoms with Crippen LogP contribution in [-0.2, 0) is 44.1 Å². The van der Waals surface area contributed by atoms with E-state index in [1.165, 1.54) is 13.6 Å². The SMILES string of the molecule is CC[C@@H](CC(=O)OCOC(=O)CCNC(=O)[C@H](C)OP(C)(=O)OCc1ccccc1)c1ccc(N(CC(C)C)CC(C)C)c(NC(=O)Nc2ccc(C)cc2)c1. The molecule has 0 heterocycles. The molecule has 0 bridgehead atoms. The number of hydrogen-bond donors (Lipinski definition) is 3. The van der Waals surface area contributed by atoms with Gasteiger partial charge in [0, 0.05) is 32.0 Å². The third kappa shape index (κ3) is 16.6. The summed E-state index contributed by atoms with van der Waals surface area (Å²) < 4.78 is 33.7. The summed E-state index contributed by atoms with van der Waals surface area (Å²) in [6.07, 6.45) is -0.650. The fourth-order valence-corrected chi connectivity index (χ4v) is 6.93. The molecule has 0 aliphatic heterocycles. The van der Waals surface area contributed by atoms with Crippen molar-refractivity contribution in [2.24, 2.45) is 11.8 Å². The minimum atomic E-state index is -3.54. The van der Waals surface area contributed by atoms with Crippen molar-refractivity contribution in [3.05, 3.63) is 89.5 Å². The van der Waals surface area contributed by atoms with E-state index in [0.717, 1.165) is 35.5 Å². The van der Waals surface area contributed by atoms with E-state index in [-0.39, 0.29) is 37.9 Å². The summed E-state index contributed by atoms with van der Waals surface area (Å²) >= 11 is 0. The lowest BCUT2D eigenvalue weighted by molar-refractivity contribution is -0.167. The molecule has 14 heteroatoms. The van der Waals surface area contributed by atoms with Gasteiger partial charge in [0.2, 0.25) is 12.7 Å². The number of anilines is 3. The van der Waals surface area contributed by atoms with Crippen LogP contribution in [-0.4, -0.2) is 63.1 Å². The molecule has 0 radical (unpaired) electrons. The van der Waals surface area contributed by atoms with Crippen molar-refractivity contribution in [3.63, 3.8) is 0 Å². The molecule has 0 aliphatic rings. The molecule has 56 heavy (non-hydrogen) atoms. The van der Waals surface area contributed by atoms with Crippen LogP contribution in [0.2, 0.25) is 0 Å². The Morgan fingerprint density at radius 1 is 0.821 bits per heavy atom. The van der Waals surface area contributed by atoms with E-state index in [1.807, 2.05) is 86.6 Å². The predicted octanol–water partition coefficient (Wildman–Crippen LogP) is 8.64. The van der Waals surface area contributed by atoms with Crippen LogP contribution < -0.4 is 20.9 Å². The Balaban J connectivity index is 1.53. The van der Waals surface area contributed by atoms with Crippen LogP contribution in [0.5, 0.6) is 0 Å². The van der Waals surface area contributed by atoms with Gasteiger partial charge in [-0.2, -0.15) is 0 Å². The Morgan fingerprint density at radius 3 is 2.09 bits per heavy atom. The molecule has 13 nitrogen and oxygen atoms in total. The number of carbonyl (C=O) groups is 4. The molecule has 3 N–H and O–H groups in total. The monoisotopic (exact) mass is 794 g/mol. The number of benzene rings is 3. The first kappa shape index (κ1) is 45.7. The maximum absolute atomic E-state index is 13.2. The Bertz CT molecular complexity index is 1760. The van der Waals surface area contributed by atoms with Crippen molar-refractivity contribution in [2.45, 2.75) is 86.4 Å². The molecule has 0 aliphatic carbocycles. The van der Waals surface area contributed by atoms with Crippen LogP contribution in [0.25, 0.3) is 0 Å². The van der Waals surface area contributed by atoms with Gasteiger partial charge in [0.15, 0.2) is 0 Å². The molecule has 1 unspecified atom stereocenters. The van der Waals surface area contributed by atoms with Crippen molar-refractivity contribution in [3.8, 4) is 0 Å². The van der Waals surface area contributed by atoms with Crippen molar-refractivity contribution >= 4 is 48.5 Å². The van der Waals surface area contributed by atoms with Crippen molar-refractivity contribution < 1.29 is 42.3 Å². The summed E-state index contributed by atoms with van der Waals surface area (Å²) in [6, 6.07) is 22.2. The van der Waals surface area contributed by atoms with E-state index in [2.05, 4.69) is 48.5 Å². The summed E-state index contributed by atoms with van der Waals surface area (Å²) in [6.45, 7) is 16.3. The summed E-state index contributed by atoms with van der Waals surface area (Å²) in [5.74, 6) is -1.30. The lowest BCUT2D eigenvalue weighted by atomic mass is 9.92. The van der Waals surface area contributed by atoms with Crippen LogP contribution in [0.4, 0.5) is 21.9 Å². The zero-order valence-electron chi connectivity index (χ0n) is 34.0. The van der Waals surface area contributed by atoms with Crippen molar-refractivity contribution in [1.29, 1.82) is 0 Å². The number of hydrogen-bond acceptors (Lipinski definition) is 10. The van der Waals surface area contributed by atoms with E-state index in [9.17, 15) is 23.7 Å². The zero-order valence-corrected chi connectivity index (χ0v) is 34.9. The fourth-order valence-electron chi connectivity index (χ4n) is 5.81. The Labute approximate surface area is 331 Å². The number of nitrogens with zero attached hydrogens (tertiary/aromatic N) is 1. The molecular formula is C42H59N4O9P. The van der Waals surface area contributed by atoms with Gasteiger partial charge in [-0.1, -0.05) is 88.7 Å². The van der Waals surface area contributed by atoms with E-state index >= 15 is 0 Å². The number of amides is 3. The smallest absolute Gasteiger partial charge is 0.328 e. The molecule has 0 saturated carbocycles. The average Bonchev–Trinajstić information content (AvgIpc) is 3.13. The Hall–Kier alpha value is -4.71.